The summed E-state index contributed by atoms with van der Waals surface area (Å²) in [5.74, 6) is -2.09. The molecule has 0 aliphatic heterocycles. The number of unbranched alkanes of at least 4 members (excludes halogenated alkanes) is 1. The van der Waals surface area contributed by atoms with E-state index in [1.165, 1.54) is 0 Å². The third-order valence-corrected chi connectivity index (χ3v) is 4.60. The van der Waals surface area contributed by atoms with Crippen LogP contribution in [0.3, 0.4) is 0 Å². The molecule has 0 heterocycles. The molecule has 27 heavy (non-hydrogen) atoms. The maximum Gasteiger partial charge on any atom is 0.326 e. The Morgan fingerprint density at radius 3 is 2.19 bits per heavy atom. The number of carboxylic acid groups (broad SMARTS) is 1. The van der Waals surface area contributed by atoms with Crippen LogP contribution >= 0.6 is 0 Å². The lowest BCUT2D eigenvalue weighted by Gasteiger charge is -2.30. The number of carbonyl (C=O) groups excluding carboxylic acids is 3. The van der Waals surface area contributed by atoms with Gasteiger partial charge in [0.15, 0.2) is 11.6 Å². The highest BCUT2D eigenvalue weighted by Gasteiger charge is 2.37. The molecule has 0 aromatic carbocycles. The van der Waals surface area contributed by atoms with Crippen molar-refractivity contribution >= 4 is 23.4 Å². The van der Waals surface area contributed by atoms with Crippen LogP contribution in [0.1, 0.15) is 59.8 Å². The maximum atomic E-state index is 12.3. The first-order valence-corrected chi connectivity index (χ1v) is 9.25. The number of hydrogen-bond donors (Lipinski definition) is 4. The topological polar surface area (TPSA) is 139 Å². The lowest BCUT2D eigenvalue weighted by molar-refractivity contribution is -0.142. The van der Waals surface area contributed by atoms with Gasteiger partial charge in [0.25, 0.3) is 0 Å². The summed E-state index contributed by atoms with van der Waals surface area (Å²) < 4.78 is 0. The number of aliphatic carboxylic acids is 1. The highest BCUT2D eigenvalue weighted by Crippen LogP contribution is 2.34. The highest BCUT2D eigenvalue weighted by atomic mass is 16.4. The SMILES string of the molecule is CC(N[C@@H](C)C(=O)N[C@@H](CCCCN)C(=O)O)=C1C(=O)CC(C)(C)CC1=O. The number of carbonyl (C=O) groups is 4. The zero-order valence-corrected chi connectivity index (χ0v) is 16.6. The van der Waals surface area contributed by atoms with E-state index in [2.05, 4.69) is 10.6 Å². The quantitative estimate of drug-likeness (QED) is 0.264. The highest BCUT2D eigenvalue weighted by molar-refractivity contribution is 6.22. The summed E-state index contributed by atoms with van der Waals surface area (Å²) >= 11 is 0. The smallest absolute Gasteiger partial charge is 0.326 e. The van der Waals surface area contributed by atoms with Gasteiger partial charge in [0.2, 0.25) is 5.91 Å². The van der Waals surface area contributed by atoms with Gasteiger partial charge < -0.3 is 21.5 Å². The number of allylic oxidation sites excluding steroid dienone is 2. The number of nitrogens with one attached hydrogen (secondary N) is 2. The Morgan fingerprint density at radius 1 is 1.15 bits per heavy atom. The Hall–Kier alpha value is -2.22. The Bertz CT molecular complexity index is 617. The molecule has 8 nitrogen and oxygen atoms in total. The number of ketones is 2. The summed E-state index contributed by atoms with van der Waals surface area (Å²) in [6, 6.07) is -1.79. The summed E-state index contributed by atoms with van der Waals surface area (Å²) in [7, 11) is 0. The molecule has 1 aliphatic carbocycles. The number of rotatable bonds is 9. The van der Waals surface area contributed by atoms with Crippen LogP contribution in [-0.2, 0) is 19.2 Å². The molecule has 2 atom stereocenters. The molecule has 0 unspecified atom stereocenters. The minimum Gasteiger partial charge on any atom is -0.480 e. The van der Waals surface area contributed by atoms with Crippen LogP contribution in [0, 0.1) is 5.41 Å². The van der Waals surface area contributed by atoms with Gasteiger partial charge in [-0.25, -0.2) is 4.79 Å². The lowest BCUT2D eigenvalue weighted by Crippen LogP contribution is -2.49. The van der Waals surface area contributed by atoms with Gasteiger partial charge in [-0.15, -0.1) is 0 Å². The van der Waals surface area contributed by atoms with Gasteiger partial charge in [-0.3, -0.25) is 14.4 Å². The molecule has 152 valence electrons. The van der Waals surface area contributed by atoms with Gasteiger partial charge in [0, 0.05) is 18.5 Å². The second-order valence-electron chi connectivity index (χ2n) is 7.91. The van der Waals surface area contributed by atoms with Crippen molar-refractivity contribution in [3.8, 4) is 0 Å². The van der Waals surface area contributed by atoms with Gasteiger partial charge >= 0.3 is 5.97 Å². The number of hydrogen-bond acceptors (Lipinski definition) is 6. The molecule has 0 radical (unpaired) electrons. The molecule has 0 aromatic heterocycles. The van der Waals surface area contributed by atoms with Crippen LogP contribution in [0.25, 0.3) is 0 Å². The molecule has 0 bridgehead atoms. The van der Waals surface area contributed by atoms with Crippen molar-refractivity contribution < 1.29 is 24.3 Å². The average molecular weight is 381 g/mol. The van der Waals surface area contributed by atoms with E-state index in [9.17, 15) is 24.3 Å². The first-order valence-electron chi connectivity index (χ1n) is 9.25. The van der Waals surface area contributed by atoms with Crippen molar-refractivity contribution in [2.45, 2.75) is 71.9 Å². The van der Waals surface area contributed by atoms with E-state index in [0.29, 0.717) is 25.1 Å². The first-order chi connectivity index (χ1) is 12.5. The van der Waals surface area contributed by atoms with Gasteiger partial charge in [0.1, 0.15) is 12.1 Å². The van der Waals surface area contributed by atoms with E-state index in [0.717, 1.165) is 0 Å². The van der Waals surface area contributed by atoms with Crippen molar-refractivity contribution in [3.05, 3.63) is 11.3 Å². The lowest BCUT2D eigenvalue weighted by atomic mass is 9.73. The van der Waals surface area contributed by atoms with E-state index in [4.69, 9.17) is 5.73 Å². The Morgan fingerprint density at radius 2 is 1.70 bits per heavy atom. The fourth-order valence-corrected chi connectivity index (χ4v) is 3.19. The molecular weight excluding hydrogens is 350 g/mol. The van der Waals surface area contributed by atoms with Crippen molar-refractivity contribution in [2.24, 2.45) is 11.1 Å². The molecule has 0 aromatic rings. The Labute approximate surface area is 159 Å². The summed E-state index contributed by atoms with van der Waals surface area (Å²) in [5, 5.41) is 14.6. The fraction of sp³-hybridized carbons (Fsp3) is 0.684. The van der Waals surface area contributed by atoms with Gasteiger partial charge in [-0.2, -0.15) is 0 Å². The summed E-state index contributed by atoms with van der Waals surface area (Å²) in [5.41, 5.74) is 5.49. The Balaban J connectivity index is 2.77. The molecule has 0 spiro atoms. The zero-order valence-electron chi connectivity index (χ0n) is 16.6. The second kappa shape index (κ2) is 9.64. The average Bonchev–Trinajstić information content (AvgIpc) is 2.51. The molecule has 1 amide bonds. The molecule has 1 saturated carbocycles. The molecule has 0 saturated heterocycles. The summed E-state index contributed by atoms with van der Waals surface area (Å²) in [4.78, 5) is 48.3. The predicted molar refractivity (Wildman–Crippen MR) is 101 cm³/mol. The van der Waals surface area contributed by atoms with E-state index >= 15 is 0 Å². The van der Waals surface area contributed by atoms with Crippen molar-refractivity contribution in [3.63, 3.8) is 0 Å². The van der Waals surface area contributed by atoms with Crippen molar-refractivity contribution in [1.82, 2.24) is 10.6 Å². The number of amides is 1. The monoisotopic (exact) mass is 381 g/mol. The number of carboxylic acids is 1. The van der Waals surface area contributed by atoms with Crippen LogP contribution in [0.15, 0.2) is 11.3 Å². The second-order valence-corrected chi connectivity index (χ2v) is 7.91. The van der Waals surface area contributed by atoms with Crippen LogP contribution in [0.2, 0.25) is 0 Å². The van der Waals surface area contributed by atoms with E-state index in [1.807, 2.05) is 13.8 Å². The number of nitrogens with two attached hydrogens (primary N) is 1. The standard InChI is InChI=1S/C19H31N3O5/c1-11(16-14(23)9-19(3,4)10-15(16)24)21-12(2)17(25)22-13(18(26)27)7-5-6-8-20/h12-13,21H,5-10,20H2,1-4H3,(H,22,25)(H,26,27)/t12-,13-/m0/s1. The van der Waals surface area contributed by atoms with Crippen LogP contribution in [0.4, 0.5) is 0 Å². The van der Waals surface area contributed by atoms with E-state index in [-0.39, 0.29) is 41.8 Å². The molecule has 8 heteroatoms. The van der Waals surface area contributed by atoms with Crippen LogP contribution < -0.4 is 16.4 Å². The minimum atomic E-state index is -1.11. The third kappa shape index (κ3) is 6.78. The molecule has 5 N–H and O–H groups in total. The minimum absolute atomic E-state index is 0.103. The van der Waals surface area contributed by atoms with Gasteiger partial charge in [-0.1, -0.05) is 13.8 Å². The summed E-state index contributed by atoms with van der Waals surface area (Å²) in [6.45, 7) is 7.34. The predicted octanol–water partition coefficient (Wildman–Crippen LogP) is 0.895. The van der Waals surface area contributed by atoms with E-state index < -0.39 is 24.0 Å². The molecule has 1 rings (SSSR count). The van der Waals surface area contributed by atoms with Crippen molar-refractivity contribution in [2.75, 3.05) is 6.54 Å². The largest absolute Gasteiger partial charge is 0.480 e. The third-order valence-electron chi connectivity index (χ3n) is 4.60. The van der Waals surface area contributed by atoms with Gasteiger partial charge in [-0.05, 0) is 45.1 Å². The first kappa shape index (κ1) is 22.8. The normalized spacial score (nSPS) is 18.6. The van der Waals surface area contributed by atoms with E-state index in [1.54, 1.807) is 13.8 Å². The Kier molecular flexibility index (Phi) is 8.15. The molecule has 1 aliphatic rings. The maximum absolute atomic E-state index is 12.3. The number of Topliss-reactive ketones (excluding diaryl/α,β-unsaturated/α-hetero) is 2. The van der Waals surface area contributed by atoms with Crippen LogP contribution in [0.5, 0.6) is 0 Å². The molecular formula is C19H31N3O5. The van der Waals surface area contributed by atoms with Crippen LogP contribution in [-0.4, -0.2) is 47.2 Å². The summed E-state index contributed by atoms with van der Waals surface area (Å²) in [6.07, 6.45) is 2.11. The fourth-order valence-electron chi connectivity index (χ4n) is 3.19. The van der Waals surface area contributed by atoms with Gasteiger partial charge in [0.05, 0.1) is 5.57 Å². The van der Waals surface area contributed by atoms with Crippen molar-refractivity contribution in [1.29, 1.82) is 0 Å². The molecule has 1 fully saturated rings. The zero-order chi connectivity index (χ0) is 20.8.